The highest BCUT2D eigenvalue weighted by molar-refractivity contribution is 8.07. The van der Waals surface area contributed by atoms with Crippen molar-refractivity contribution in [2.45, 2.75) is 29.9 Å². The fraction of sp³-hybridized carbons (Fsp3) is 0.571. The molecule has 1 aliphatic rings. The van der Waals surface area contributed by atoms with Gasteiger partial charge in [-0.15, -0.1) is 0 Å². The van der Waals surface area contributed by atoms with E-state index in [1.54, 1.807) is 24.9 Å². The van der Waals surface area contributed by atoms with Crippen molar-refractivity contribution in [3.8, 4) is 5.75 Å². The van der Waals surface area contributed by atoms with Crippen LogP contribution in [0.2, 0.25) is 0 Å². The van der Waals surface area contributed by atoms with Gasteiger partial charge in [-0.1, -0.05) is 6.92 Å². The molecule has 1 heterocycles. The third kappa shape index (κ3) is 3.38. The molecule has 106 valence electrons. The van der Waals surface area contributed by atoms with E-state index in [1.807, 2.05) is 11.8 Å². The van der Waals surface area contributed by atoms with Gasteiger partial charge in [0.25, 0.3) is 0 Å². The van der Waals surface area contributed by atoms with E-state index in [1.165, 1.54) is 12.1 Å². The van der Waals surface area contributed by atoms with Gasteiger partial charge in [-0.3, -0.25) is 0 Å². The maximum Gasteiger partial charge on any atom is 0.124 e. The second-order valence-electron chi connectivity index (χ2n) is 4.48. The third-order valence-corrected chi connectivity index (χ3v) is 6.65. The van der Waals surface area contributed by atoms with Gasteiger partial charge < -0.3 is 9.84 Å². The Balaban J connectivity index is 2.26. The summed E-state index contributed by atoms with van der Waals surface area (Å²) in [5, 5.41) is 11.1. The van der Waals surface area contributed by atoms with Crippen molar-refractivity contribution in [2.75, 3.05) is 18.6 Å². The quantitative estimate of drug-likeness (QED) is 0.922. The highest BCUT2D eigenvalue weighted by atomic mass is 32.2. The van der Waals surface area contributed by atoms with Crippen LogP contribution in [-0.2, 0) is 0 Å². The van der Waals surface area contributed by atoms with Crippen LogP contribution in [0.5, 0.6) is 5.75 Å². The molecular weight excluding hydrogens is 283 g/mol. The summed E-state index contributed by atoms with van der Waals surface area (Å²) < 4.78 is 18.6. The van der Waals surface area contributed by atoms with Gasteiger partial charge in [0, 0.05) is 27.6 Å². The maximum absolute atomic E-state index is 13.4. The summed E-state index contributed by atoms with van der Waals surface area (Å²) in [7, 11) is 1.55. The number of methoxy groups -OCH3 is 1. The van der Waals surface area contributed by atoms with Gasteiger partial charge in [-0.05, 0) is 24.6 Å². The van der Waals surface area contributed by atoms with Gasteiger partial charge in [0.05, 0.1) is 13.2 Å². The predicted octanol–water partition coefficient (Wildman–Crippen LogP) is 3.49. The molecule has 5 heteroatoms. The van der Waals surface area contributed by atoms with Crippen LogP contribution in [-0.4, -0.2) is 34.2 Å². The van der Waals surface area contributed by atoms with E-state index in [2.05, 4.69) is 6.92 Å². The second kappa shape index (κ2) is 6.86. The summed E-state index contributed by atoms with van der Waals surface area (Å²) in [6.45, 7) is 2.13. The molecule has 3 unspecified atom stereocenters. The van der Waals surface area contributed by atoms with Crippen molar-refractivity contribution in [3.05, 3.63) is 29.6 Å². The van der Waals surface area contributed by atoms with Crippen LogP contribution >= 0.6 is 23.5 Å². The molecule has 19 heavy (non-hydrogen) atoms. The van der Waals surface area contributed by atoms with E-state index >= 15 is 0 Å². The molecule has 1 fully saturated rings. The monoisotopic (exact) mass is 302 g/mol. The van der Waals surface area contributed by atoms with Crippen molar-refractivity contribution in [1.82, 2.24) is 0 Å². The number of ether oxygens (including phenoxy) is 1. The molecular formula is C14H19FO2S2. The molecule has 2 rings (SSSR count). The van der Waals surface area contributed by atoms with Crippen LogP contribution in [0.3, 0.4) is 0 Å². The first-order chi connectivity index (χ1) is 9.17. The van der Waals surface area contributed by atoms with Gasteiger partial charge in [-0.2, -0.15) is 23.5 Å². The lowest BCUT2D eigenvalue weighted by atomic mass is 10.0. The molecule has 0 saturated carbocycles. The average molecular weight is 302 g/mol. The topological polar surface area (TPSA) is 29.5 Å². The molecule has 1 N–H and O–H groups in total. The minimum Gasteiger partial charge on any atom is -0.496 e. The van der Waals surface area contributed by atoms with E-state index in [4.69, 9.17) is 4.74 Å². The van der Waals surface area contributed by atoms with Crippen LogP contribution in [0, 0.1) is 5.82 Å². The Morgan fingerprint density at radius 1 is 1.42 bits per heavy atom. The second-order valence-corrected chi connectivity index (χ2v) is 7.12. The minimum absolute atomic E-state index is 0.0967. The molecule has 1 aliphatic heterocycles. The fourth-order valence-corrected chi connectivity index (χ4v) is 5.47. The summed E-state index contributed by atoms with van der Waals surface area (Å²) >= 11 is 3.67. The van der Waals surface area contributed by atoms with Crippen LogP contribution in [0.25, 0.3) is 0 Å². The number of aliphatic hydroxyl groups excluding tert-OH is 1. The molecule has 0 amide bonds. The van der Waals surface area contributed by atoms with Gasteiger partial charge in [0.15, 0.2) is 0 Å². The van der Waals surface area contributed by atoms with E-state index < -0.39 is 6.10 Å². The number of rotatable bonds is 4. The van der Waals surface area contributed by atoms with Crippen LogP contribution in [0.1, 0.15) is 25.0 Å². The molecule has 0 aromatic heterocycles. The SMILES string of the molecule is CCC1SCCSC1C(O)c1cc(F)ccc1OC. The number of benzene rings is 1. The van der Waals surface area contributed by atoms with Crippen LogP contribution < -0.4 is 4.74 Å². The Morgan fingerprint density at radius 2 is 2.16 bits per heavy atom. The first-order valence-electron chi connectivity index (χ1n) is 6.42. The highest BCUT2D eigenvalue weighted by Crippen LogP contribution is 2.42. The summed E-state index contributed by atoms with van der Waals surface area (Å²) in [4.78, 5) is 0. The third-order valence-electron chi connectivity index (χ3n) is 3.32. The maximum atomic E-state index is 13.4. The predicted molar refractivity (Wildman–Crippen MR) is 80.7 cm³/mol. The van der Waals surface area contributed by atoms with Crippen molar-refractivity contribution in [2.24, 2.45) is 0 Å². The Labute approximate surface area is 122 Å². The smallest absolute Gasteiger partial charge is 0.124 e. The van der Waals surface area contributed by atoms with E-state index in [-0.39, 0.29) is 11.1 Å². The molecule has 0 spiro atoms. The highest BCUT2D eigenvalue weighted by Gasteiger charge is 2.33. The molecule has 1 saturated heterocycles. The van der Waals surface area contributed by atoms with Crippen LogP contribution in [0.15, 0.2) is 18.2 Å². The van der Waals surface area contributed by atoms with Crippen molar-refractivity contribution < 1.29 is 14.2 Å². The molecule has 2 nitrogen and oxygen atoms in total. The van der Waals surface area contributed by atoms with Gasteiger partial charge in [-0.25, -0.2) is 4.39 Å². The summed E-state index contributed by atoms with van der Waals surface area (Å²) in [6.07, 6.45) is 0.324. The Morgan fingerprint density at radius 3 is 2.84 bits per heavy atom. The van der Waals surface area contributed by atoms with Gasteiger partial charge in [0.1, 0.15) is 11.6 Å². The van der Waals surface area contributed by atoms with E-state index in [0.29, 0.717) is 16.6 Å². The normalized spacial score (nSPS) is 25.1. The zero-order valence-corrected chi connectivity index (χ0v) is 12.8. The Hall–Kier alpha value is -0.390. The van der Waals surface area contributed by atoms with Crippen LogP contribution in [0.4, 0.5) is 4.39 Å². The van der Waals surface area contributed by atoms with Gasteiger partial charge >= 0.3 is 0 Å². The lowest BCUT2D eigenvalue weighted by Gasteiger charge is -2.34. The average Bonchev–Trinajstić information content (AvgIpc) is 2.46. The molecule has 0 aliphatic carbocycles. The zero-order chi connectivity index (χ0) is 13.8. The van der Waals surface area contributed by atoms with Crippen molar-refractivity contribution in [1.29, 1.82) is 0 Å². The number of aliphatic hydroxyl groups is 1. The number of hydrogen-bond donors (Lipinski definition) is 1. The lowest BCUT2D eigenvalue weighted by molar-refractivity contribution is 0.167. The first kappa shape index (κ1) is 15.0. The molecule has 3 atom stereocenters. The largest absolute Gasteiger partial charge is 0.496 e. The van der Waals surface area contributed by atoms with Crippen molar-refractivity contribution in [3.63, 3.8) is 0 Å². The summed E-state index contributed by atoms with van der Waals surface area (Å²) in [5.74, 6) is 2.36. The number of thioether (sulfide) groups is 2. The molecule has 1 aromatic rings. The molecule has 0 bridgehead atoms. The van der Waals surface area contributed by atoms with Gasteiger partial charge in [0.2, 0.25) is 0 Å². The minimum atomic E-state index is -0.687. The Bertz CT molecular complexity index is 428. The Kier molecular flexibility index (Phi) is 5.42. The zero-order valence-electron chi connectivity index (χ0n) is 11.1. The molecule has 1 aromatic carbocycles. The molecule has 0 radical (unpaired) electrons. The van der Waals surface area contributed by atoms with E-state index in [9.17, 15) is 9.50 Å². The fourth-order valence-electron chi connectivity index (χ4n) is 2.34. The lowest BCUT2D eigenvalue weighted by Crippen LogP contribution is -2.31. The van der Waals surface area contributed by atoms with Crippen molar-refractivity contribution >= 4 is 23.5 Å². The number of halogens is 1. The van der Waals surface area contributed by atoms with E-state index in [0.717, 1.165) is 17.9 Å². The number of hydrogen-bond acceptors (Lipinski definition) is 4. The first-order valence-corrected chi connectivity index (χ1v) is 8.51. The summed E-state index contributed by atoms with van der Waals surface area (Å²) in [6, 6.07) is 4.32. The standard InChI is InChI=1S/C14H19FO2S2/c1-3-12-14(19-7-6-18-12)13(16)10-8-9(15)4-5-11(10)17-2/h4-5,8,12-14,16H,3,6-7H2,1-2H3. The summed E-state index contributed by atoms with van der Waals surface area (Å²) in [5.41, 5.74) is 0.556.